The maximum absolute atomic E-state index is 12.4. The molecular formula is C26H27N3O5. The van der Waals surface area contributed by atoms with Gasteiger partial charge in [0.2, 0.25) is 11.8 Å². The lowest BCUT2D eigenvalue weighted by Gasteiger charge is -2.17. The van der Waals surface area contributed by atoms with Gasteiger partial charge in [-0.1, -0.05) is 0 Å². The molecular weight excluding hydrogens is 434 g/mol. The second kappa shape index (κ2) is 11.2. The highest BCUT2D eigenvalue weighted by Crippen LogP contribution is 2.31. The Balaban J connectivity index is 1.24. The van der Waals surface area contributed by atoms with Crippen LogP contribution in [0.5, 0.6) is 17.2 Å². The first-order valence-corrected chi connectivity index (χ1v) is 11.2. The van der Waals surface area contributed by atoms with Crippen LogP contribution in [-0.2, 0) is 22.6 Å². The standard InChI is InChI=1S/C26H27N3O5/c1-32-23-8-5-20(16-24(23)34-17-18-10-12-27-13-11-18)28-25(30)3-2-14-33-21-6-7-22-19(15-21)4-9-26(31)29-22/h5-8,10-13,15-16H,2-4,9,14,17H2,1H3,(H,28,30)(H,29,31). The van der Waals surface area contributed by atoms with Gasteiger partial charge in [-0.25, -0.2) is 0 Å². The van der Waals surface area contributed by atoms with E-state index in [1.807, 2.05) is 30.3 Å². The molecule has 0 unspecified atom stereocenters. The minimum absolute atomic E-state index is 0.0384. The number of methoxy groups -OCH3 is 1. The van der Waals surface area contributed by atoms with E-state index in [4.69, 9.17) is 14.2 Å². The number of anilines is 2. The van der Waals surface area contributed by atoms with Gasteiger partial charge in [0.15, 0.2) is 11.5 Å². The van der Waals surface area contributed by atoms with Crippen LogP contribution < -0.4 is 24.8 Å². The summed E-state index contributed by atoms with van der Waals surface area (Å²) in [5.74, 6) is 1.80. The lowest BCUT2D eigenvalue weighted by atomic mass is 10.0. The summed E-state index contributed by atoms with van der Waals surface area (Å²) >= 11 is 0. The summed E-state index contributed by atoms with van der Waals surface area (Å²) in [7, 11) is 1.57. The number of fused-ring (bicyclic) bond motifs is 1. The summed E-state index contributed by atoms with van der Waals surface area (Å²) in [4.78, 5) is 27.9. The van der Waals surface area contributed by atoms with Crippen LogP contribution in [0.2, 0.25) is 0 Å². The van der Waals surface area contributed by atoms with Crippen LogP contribution in [0.4, 0.5) is 11.4 Å². The molecule has 3 aromatic rings. The van der Waals surface area contributed by atoms with Crippen LogP contribution in [0, 0.1) is 0 Å². The fourth-order valence-electron chi connectivity index (χ4n) is 3.60. The van der Waals surface area contributed by atoms with Gasteiger partial charge in [0.05, 0.1) is 13.7 Å². The number of hydrogen-bond acceptors (Lipinski definition) is 6. The van der Waals surface area contributed by atoms with Crippen LogP contribution in [0.1, 0.15) is 30.4 Å². The molecule has 4 rings (SSSR count). The maximum Gasteiger partial charge on any atom is 0.224 e. The molecule has 0 bridgehead atoms. The van der Waals surface area contributed by atoms with Gasteiger partial charge in [0.25, 0.3) is 0 Å². The Morgan fingerprint density at radius 3 is 2.71 bits per heavy atom. The summed E-state index contributed by atoms with van der Waals surface area (Å²) in [6.07, 6.45) is 5.50. The molecule has 8 heteroatoms. The highest BCUT2D eigenvalue weighted by Gasteiger charge is 2.15. The Labute approximate surface area is 198 Å². The predicted octanol–water partition coefficient (Wildman–Crippen LogP) is 4.35. The van der Waals surface area contributed by atoms with Crippen LogP contribution in [-0.4, -0.2) is 30.5 Å². The fourth-order valence-corrected chi connectivity index (χ4v) is 3.60. The number of hydrogen-bond donors (Lipinski definition) is 2. The van der Waals surface area contributed by atoms with Gasteiger partial charge in [0.1, 0.15) is 12.4 Å². The molecule has 176 valence electrons. The Hall–Kier alpha value is -4.07. The predicted molar refractivity (Wildman–Crippen MR) is 128 cm³/mol. The van der Waals surface area contributed by atoms with E-state index >= 15 is 0 Å². The van der Waals surface area contributed by atoms with Crippen LogP contribution in [0.25, 0.3) is 0 Å². The van der Waals surface area contributed by atoms with E-state index in [-0.39, 0.29) is 11.8 Å². The van der Waals surface area contributed by atoms with E-state index in [2.05, 4.69) is 15.6 Å². The zero-order valence-corrected chi connectivity index (χ0v) is 19.0. The second-order valence-corrected chi connectivity index (χ2v) is 7.88. The van der Waals surface area contributed by atoms with Crippen molar-refractivity contribution >= 4 is 23.2 Å². The lowest BCUT2D eigenvalue weighted by Crippen LogP contribution is -2.18. The summed E-state index contributed by atoms with van der Waals surface area (Å²) in [6.45, 7) is 0.782. The number of carbonyl (C=O) groups excluding carboxylic acids is 2. The van der Waals surface area contributed by atoms with Crippen molar-refractivity contribution in [1.29, 1.82) is 0 Å². The van der Waals surface area contributed by atoms with Crippen LogP contribution in [0.3, 0.4) is 0 Å². The third-order valence-corrected chi connectivity index (χ3v) is 5.38. The zero-order chi connectivity index (χ0) is 23.8. The minimum Gasteiger partial charge on any atom is -0.494 e. The van der Waals surface area contributed by atoms with E-state index in [0.29, 0.717) is 56.1 Å². The topological polar surface area (TPSA) is 98.8 Å². The molecule has 8 nitrogen and oxygen atoms in total. The molecule has 2 heterocycles. The SMILES string of the molecule is COc1ccc(NC(=O)CCCOc2ccc3c(c2)CCC(=O)N3)cc1OCc1ccncc1. The van der Waals surface area contributed by atoms with Crippen LogP contribution in [0.15, 0.2) is 60.9 Å². The molecule has 34 heavy (non-hydrogen) atoms. The molecule has 0 atom stereocenters. The van der Waals surface area contributed by atoms with E-state index in [1.165, 1.54) is 0 Å². The first kappa shape index (κ1) is 23.1. The molecule has 2 aromatic carbocycles. The van der Waals surface area contributed by atoms with Gasteiger partial charge in [-0.15, -0.1) is 0 Å². The highest BCUT2D eigenvalue weighted by atomic mass is 16.5. The molecule has 1 aromatic heterocycles. The number of pyridine rings is 1. The number of benzene rings is 2. The van der Waals surface area contributed by atoms with Gasteiger partial charge in [-0.05, 0) is 66.4 Å². The number of rotatable bonds is 10. The molecule has 2 amide bonds. The largest absolute Gasteiger partial charge is 0.494 e. The monoisotopic (exact) mass is 461 g/mol. The zero-order valence-electron chi connectivity index (χ0n) is 19.0. The van der Waals surface area contributed by atoms with E-state index in [9.17, 15) is 9.59 Å². The Kier molecular flexibility index (Phi) is 7.60. The van der Waals surface area contributed by atoms with Gasteiger partial charge >= 0.3 is 0 Å². The number of carbonyl (C=O) groups is 2. The first-order chi connectivity index (χ1) is 16.6. The van der Waals surface area contributed by atoms with Crippen molar-refractivity contribution in [3.05, 3.63) is 72.1 Å². The first-order valence-electron chi connectivity index (χ1n) is 11.2. The van der Waals surface area contributed by atoms with Crippen LogP contribution >= 0.6 is 0 Å². The van der Waals surface area contributed by atoms with Crippen molar-refractivity contribution in [2.45, 2.75) is 32.3 Å². The number of amides is 2. The van der Waals surface area contributed by atoms with Crippen molar-refractivity contribution in [3.63, 3.8) is 0 Å². The van der Waals surface area contributed by atoms with E-state index in [1.54, 1.807) is 37.7 Å². The number of nitrogens with one attached hydrogen (secondary N) is 2. The molecule has 0 saturated carbocycles. The van der Waals surface area contributed by atoms with Crippen molar-refractivity contribution in [3.8, 4) is 17.2 Å². The summed E-state index contributed by atoms with van der Waals surface area (Å²) in [6, 6.07) is 14.7. The maximum atomic E-state index is 12.4. The van der Waals surface area contributed by atoms with Crippen molar-refractivity contribution in [1.82, 2.24) is 4.98 Å². The van der Waals surface area contributed by atoms with Crippen molar-refractivity contribution in [2.24, 2.45) is 0 Å². The molecule has 0 radical (unpaired) electrons. The highest BCUT2D eigenvalue weighted by molar-refractivity contribution is 5.94. The number of aromatic nitrogens is 1. The fraction of sp³-hybridized carbons (Fsp3) is 0.269. The van der Waals surface area contributed by atoms with Crippen molar-refractivity contribution < 1.29 is 23.8 Å². The van der Waals surface area contributed by atoms with Gasteiger partial charge in [0, 0.05) is 42.7 Å². The summed E-state index contributed by atoms with van der Waals surface area (Å²) in [5, 5.41) is 5.75. The summed E-state index contributed by atoms with van der Waals surface area (Å²) in [5.41, 5.74) is 3.52. The molecule has 0 spiro atoms. The normalized spacial score (nSPS) is 12.3. The summed E-state index contributed by atoms with van der Waals surface area (Å²) < 4.78 is 17.0. The van der Waals surface area contributed by atoms with Gasteiger partial charge < -0.3 is 24.8 Å². The molecule has 0 fully saturated rings. The average molecular weight is 462 g/mol. The Morgan fingerprint density at radius 2 is 1.88 bits per heavy atom. The second-order valence-electron chi connectivity index (χ2n) is 7.88. The van der Waals surface area contributed by atoms with Gasteiger partial charge in [-0.3, -0.25) is 14.6 Å². The molecule has 0 saturated heterocycles. The third kappa shape index (κ3) is 6.25. The smallest absolute Gasteiger partial charge is 0.224 e. The number of aryl methyl sites for hydroxylation is 1. The third-order valence-electron chi connectivity index (χ3n) is 5.38. The molecule has 2 N–H and O–H groups in total. The molecule has 1 aliphatic heterocycles. The number of ether oxygens (including phenoxy) is 3. The van der Waals surface area contributed by atoms with E-state index < -0.39 is 0 Å². The molecule has 0 aliphatic carbocycles. The average Bonchev–Trinajstić information content (AvgIpc) is 2.86. The Bertz CT molecular complexity index is 1150. The lowest BCUT2D eigenvalue weighted by molar-refractivity contribution is -0.117. The Morgan fingerprint density at radius 1 is 1.03 bits per heavy atom. The van der Waals surface area contributed by atoms with E-state index in [0.717, 1.165) is 22.6 Å². The quantitative estimate of drug-likeness (QED) is 0.436. The minimum atomic E-state index is -0.109. The van der Waals surface area contributed by atoms with Crippen molar-refractivity contribution in [2.75, 3.05) is 24.4 Å². The van der Waals surface area contributed by atoms with Gasteiger partial charge in [-0.2, -0.15) is 0 Å². The molecule has 1 aliphatic rings. The number of nitrogens with zero attached hydrogens (tertiary/aromatic N) is 1.